The van der Waals surface area contributed by atoms with E-state index in [9.17, 15) is 9.59 Å². The Morgan fingerprint density at radius 3 is 2.60 bits per heavy atom. The molecule has 0 rings (SSSR count). The molecular formula is C7H10O3. The first-order chi connectivity index (χ1) is 4.66. The molecule has 0 saturated carbocycles. The maximum absolute atomic E-state index is 10.2. The zero-order valence-electron chi connectivity index (χ0n) is 6.03. The lowest BCUT2D eigenvalue weighted by molar-refractivity contribution is -0.135. The van der Waals surface area contributed by atoms with E-state index in [-0.39, 0.29) is 11.9 Å². The predicted octanol–water partition coefficient (Wildman–Crippen LogP) is 0.898. The third kappa shape index (κ3) is 5.03. The van der Waals surface area contributed by atoms with Crippen LogP contribution in [0.5, 0.6) is 0 Å². The van der Waals surface area contributed by atoms with Gasteiger partial charge in [0.2, 0.25) is 0 Å². The molecule has 0 spiro atoms. The Morgan fingerprint density at radius 1 is 1.60 bits per heavy atom. The van der Waals surface area contributed by atoms with Crippen molar-refractivity contribution in [2.24, 2.45) is 5.92 Å². The molecule has 0 aromatic rings. The topological polar surface area (TPSA) is 43.4 Å². The highest BCUT2D eigenvalue weighted by Crippen LogP contribution is 1.91. The Bertz CT molecular complexity index is 149. The van der Waals surface area contributed by atoms with E-state index >= 15 is 0 Å². The maximum atomic E-state index is 10.2. The number of carbonyl (C=O) groups excluding carboxylic acids is 2. The third-order valence-corrected chi connectivity index (χ3v) is 0.831. The number of hydrogen-bond donors (Lipinski definition) is 0. The summed E-state index contributed by atoms with van der Waals surface area (Å²) in [5, 5.41) is 0. The summed E-state index contributed by atoms with van der Waals surface area (Å²) < 4.78 is 4.44. The van der Waals surface area contributed by atoms with E-state index in [1.54, 1.807) is 6.92 Å². The van der Waals surface area contributed by atoms with E-state index in [0.717, 1.165) is 6.29 Å². The van der Waals surface area contributed by atoms with Crippen molar-refractivity contribution in [3.63, 3.8) is 0 Å². The average molecular weight is 142 g/mol. The molecular weight excluding hydrogens is 132 g/mol. The van der Waals surface area contributed by atoms with Crippen LogP contribution in [0.25, 0.3) is 0 Å². The minimum absolute atomic E-state index is 0.195. The van der Waals surface area contributed by atoms with Crippen molar-refractivity contribution in [1.29, 1.82) is 0 Å². The molecule has 0 N–H and O–H groups in total. The second kappa shape index (κ2) is 4.73. The smallest absolute Gasteiger partial charge is 0.307 e. The number of rotatable bonds is 3. The van der Waals surface area contributed by atoms with Crippen LogP contribution in [0.15, 0.2) is 12.3 Å². The van der Waals surface area contributed by atoms with Crippen LogP contribution in [0.4, 0.5) is 0 Å². The van der Waals surface area contributed by atoms with Crippen molar-refractivity contribution < 1.29 is 14.3 Å². The summed E-state index contributed by atoms with van der Waals surface area (Å²) >= 11 is 0. The van der Waals surface area contributed by atoms with E-state index in [1.165, 1.54) is 19.3 Å². The molecule has 0 radical (unpaired) electrons. The van der Waals surface area contributed by atoms with Gasteiger partial charge in [-0.05, 0) is 6.08 Å². The zero-order valence-corrected chi connectivity index (χ0v) is 6.03. The first kappa shape index (κ1) is 8.88. The number of hydrogen-bond acceptors (Lipinski definition) is 3. The molecule has 56 valence electrons. The van der Waals surface area contributed by atoms with Gasteiger partial charge in [0.15, 0.2) is 0 Å². The van der Waals surface area contributed by atoms with Gasteiger partial charge in [-0.1, -0.05) is 6.92 Å². The van der Waals surface area contributed by atoms with Gasteiger partial charge in [0.25, 0.3) is 0 Å². The molecule has 0 aliphatic carbocycles. The molecule has 0 saturated heterocycles. The lowest BCUT2D eigenvalue weighted by Crippen LogP contribution is -1.93. The van der Waals surface area contributed by atoms with E-state index in [0.29, 0.717) is 0 Å². The van der Waals surface area contributed by atoms with Crippen LogP contribution in [0.1, 0.15) is 13.8 Å². The number of allylic oxidation sites excluding steroid dienone is 1. The molecule has 0 aliphatic rings. The molecule has 0 fully saturated rings. The van der Waals surface area contributed by atoms with Crippen molar-refractivity contribution in [2.75, 3.05) is 0 Å². The fraction of sp³-hybridized carbons (Fsp3) is 0.429. The van der Waals surface area contributed by atoms with Crippen molar-refractivity contribution in [1.82, 2.24) is 0 Å². The summed E-state index contributed by atoms with van der Waals surface area (Å²) in [5.41, 5.74) is 0. The van der Waals surface area contributed by atoms with Crippen LogP contribution in [0, 0.1) is 5.92 Å². The lowest BCUT2D eigenvalue weighted by atomic mass is 10.2. The van der Waals surface area contributed by atoms with Gasteiger partial charge in [0, 0.05) is 12.8 Å². The minimum atomic E-state index is -0.380. The second-order valence-electron chi connectivity index (χ2n) is 1.93. The quantitative estimate of drug-likeness (QED) is 0.334. The van der Waals surface area contributed by atoms with E-state index in [4.69, 9.17) is 0 Å². The highest BCUT2D eigenvalue weighted by molar-refractivity contribution is 5.66. The molecule has 0 amide bonds. The van der Waals surface area contributed by atoms with Crippen LogP contribution >= 0.6 is 0 Å². The summed E-state index contributed by atoms with van der Waals surface area (Å²) in [5.74, 6) is -0.575. The van der Waals surface area contributed by atoms with Crippen molar-refractivity contribution in [3.05, 3.63) is 12.3 Å². The molecule has 0 bridgehead atoms. The first-order valence-electron chi connectivity index (χ1n) is 2.96. The fourth-order valence-electron chi connectivity index (χ4n) is 0.304. The van der Waals surface area contributed by atoms with Gasteiger partial charge >= 0.3 is 5.97 Å². The first-order valence-corrected chi connectivity index (χ1v) is 2.96. The van der Waals surface area contributed by atoms with Crippen LogP contribution in [-0.2, 0) is 14.3 Å². The number of aldehydes is 1. The van der Waals surface area contributed by atoms with Crippen molar-refractivity contribution >= 4 is 12.3 Å². The average Bonchev–Trinajstić information content (AvgIpc) is 1.87. The standard InChI is InChI=1S/C7H10O3/c1-6(5-8)3-4-10-7(2)9/h3-6H,1-2H3. The Hall–Kier alpha value is -1.12. The predicted molar refractivity (Wildman–Crippen MR) is 36.1 cm³/mol. The number of carbonyl (C=O) groups is 2. The lowest BCUT2D eigenvalue weighted by Gasteiger charge is -1.92. The highest BCUT2D eigenvalue weighted by atomic mass is 16.5. The van der Waals surface area contributed by atoms with Crippen molar-refractivity contribution in [3.8, 4) is 0 Å². The van der Waals surface area contributed by atoms with Gasteiger partial charge in [-0.2, -0.15) is 0 Å². The molecule has 1 unspecified atom stereocenters. The third-order valence-electron chi connectivity index (χ3n) is 0.831. The fourth-order valence-corrected chi connectivity index (χ4v) is 0.304. The van der Waals surface area contributed by atoms with Crippen LogP contribution in [0.3, 0.4) is 0 Å². The summed E-state index contributed by atoms with van der Waals surface area (Å²) in [4.78, 5) is 20.1. The van der Waals surface area contributed by atoms with Crippen LogP contribution in [-0.4, -0.2) is 12.3 Å². The summed E-state index contributed by atoms with van der Waals surface area (Å²) in [7, 11) is 0. The summed E-state index contributed by atoms with van der Waals surface area (Å²) in [6.45, 7) is 3.00. The summed E-state index contributed by atoms with van der Waals surface area (Å²) in [6, 6.07) is 0. The zero-order chi connectivity index (χ0) is 7.98. The molecule has 3 nitrogen and oxygen atoms in total. The monoisotopic (exact) mass is 142 g/mol. The Kier molecular flexibility index (Phi) is 4.20. The minimum Gasteiger partial charge on any atom is -0.435 e. The molecule has 10 heavy (non-hydrogen) atoms. The van der Waals surface area contributed by atoms with Gasteiger partial charge in [0.1, 0.15) is 6.29 Å². The largest absolute Gasteiger partial charge is 0.435 e. The molecule has 0 aromatic carbocycles. The Labute approximate surface area is 59.7 Å². The normalized spacial score (nSPS) is 13.0. The van der Waals surface area contributed by atoms with E-state index < -0.39 is 0 Å². The van der Waals surface area contributed by atoms with Gasteiger partial charge in [-0.3, -0.25) is 4.79 Å². The number of esters is 1. The molecule has 3 heteroatoms. The highest BCUT2D eigenvalue weighted by Gasteiger charge is 1.91. The molecule has 0 aromatic heterocycles. The maximum Gasteiger partial charge on any atom is 0.307 e. The van der Waals surface area contributed by atoms with E-state index in [2.05, 4.69) is 4.74 Å². The van der Waals surface area contributed by atoms with Gasteiger partial charge < -0.3 is 9.53 Å². The summed E-state index contributed by atoms with van der Waals surface area (Å²) in [6.07, 6.45) is 3.50. The van der Waals surface area contributed by atoms with Crippen LogP contribution in [0.2, 0.25) is 0 Å². The van der Waals surface area contributed by atoms with Crippen LogP contribution < -0.4 is 0 Å². The molecule has 1 atom stereocenters. The number of ether oxygens (including phenoxy) is 1. The Balaban J connectivity index is 3.55. The van der Waals surface area contributed by atoms with Gasteiger partial charge in [-0.15, -0.1) is 0 Å². The van der Waals surface area contributed by atoms with Gasteiger partial charge in [0.05, 0.1) is 6.26 Å². The SMILES string of the molecule is CC(=O)OC=CC(C)C=O. The Morgan fingerprint density at radius 2 is 2.20 bits per heavy atom. The van der Waals surface area contributed by atoms with Gasteiger partial charge in [-0.25, -0.2) is 0 Å². The molecule has 0 heterocycles. The van der Waals surface area contributed by atoms with E-state index in [1.807, 2.05) is 0 Å². The molecule has 0 aliphatic heterocycles. The van der Waals surface area contributed by atoms with Crippen molar-refractivity contribution in [2.45, 2.75) is 13.8 Å². The second-order valence-corrected chi connectivity index (χ2v) is 1.93.